The maximum absolute atomic E-state index is 9.83. The first-order valence-electron chi connectivity index (χ1n) is 4.42. The van der Waals surface area contributed by atoms with Gasteiger partial charge in [0.15, 0.2) is 0 Å². The van der Waals surface area contributed by atoms with Crippen LogP contribution in [0.3, 0.4) is 0 Å². The lowest BCUT2D eigenvalue weighted by Crippen LogP contribution is -2.50. The summed E-state index contributed by atoms with van der Waals surface area (Å²) in [7, 11) is 1.83. The topological polar surface area (TPSA) is 49.5 Å². The van der Waals surface area contributed by atoms with E-state index < -0.39 is 5.60 Å². The molecule has 0 amide bonds. The maximum Gasteiger partial charge on any atom is 0.0635 e. The molecule has 0 rings (SSSR count). The van der Waals surface area contributed by atoms with Gasteiger partial charge in [-0.05, 0) is 33.6 Å². The zero-order chi connectivity index (χ0) is 9.99. The van der Waals surface area contributed by atoms with Crippen LogP contribution in [-0.4, -0.2) is 28.3 Å². The fourth-order valence-corrected chi connectivity index (χ4v) is 1.18. The van der Waals surface area contributed by atoms with Crippen LogP contribution in [0.25, 0.3) is 0 Å². The summed E-state index contributed by atoms with van der Waals surface area (Å²) in [5.41, 5.74) is -0.767. The van der Waals surface area contributed by atoms with Crippen LogP contribution in [0.15, 0.2) is 0 Å². The van der Waals surface area contributed by atoms with Crippen LogP contribution in [0.1, 0.15) is 40.5 Å². The van der Waals surface area contributed by atoms with E-state index in [9.17, 15) is 5.11 Å². The third-order valence-corrected chi connectivity index (χ3v) is 2.53. The van der Waals surface area contributed by atoms with Crippen LogP contribution in [0.5, 0.6) is 0 Å². The monoisotopic (exact) mass is 174 g/mol. The van der Waals surface area contributed by atoms with Gasteiger partial charge in [-0.15, -0.1) is 0 Å². The SMILES string of the molecule is CCC(C)(O)CC(C)(C)N(C)N. The molecule has 0 radical (unpaired) electrons. The third kappa shape index (κ3) is 3.52. The van der Waals surface area contributed by atoms with Crippen LogP contribution in [0.2, 0.25) is 0 Å². The molecule has 1 atom stereocenters. The Bertz CT molecular complexity index is 141. The Balaban J connectivity index is 4.23. The summed E-state index contributed by atoms with van der Waals surface area (Å²) in [6.45, 7) is 7.87. The van der Waals surface area contributed by atoms with Gasteiger partial charge in [0.2, 0.25) is 0 Å². The summed E-state index contributed by atoms with van der Waals surface area (Å²) in [6, 6.07) is 0. The van der Waals surface area contributed by atoms with Gasteiger partial charge in [-0.2, -0.15) is 0 Å². The molecule has 0 aromatic rings. The van der Waals surface area contributed by atoms with Crippen molar-refractivity contribution in [1.82, 2.24) is 5.01 Å². The molecular formula is C9H22N2O. The Hall–Kier alpha value is -0.120. The highest BCUT2D eigenvalue weighted by Crippen LogP contribution is 2.25. The molecule has 0 aromatic carbocycles. The van der Waals surface area contributed by atoms with E-state index in [-0.39, 0.29) is 5.54 Å². The molecular weight excluding hydrogens is 152 g/mol. The van der Waals surface area contributed by atoms with Crippen molar-refractivity contribution in [2.45, 2.75) is 51.7 Å². The second kappa shape index (κ2) is 3.73. The van der Waals surface area contributed by atoms with Crippen LogP contribution < -0.4 is 5.84 Å². The van der Waals surface area contributed by atoms with E-state index in [0.29, 0.717) is 6.42 Å². The van der Waals surface area contributed by atoms with E-state index in [0.717, 1.165) is 6.42 Å². The molecule has 0 saturated heterocycles. The lowest BCUT2D eigenvalue weighted by Gasteiger charge is -2.37. The van der Waals surface area contributed by atoms with Gasteiger partial charge in [0.25, 0.3) is 0 Å². The molecule has 12 heavy (non-hydrogen) atoms. The average molecular weight is 174 g/mol. The minimum Gasteiger partial charge on any atom is -0.390 e. The zero-order valence-corrected chi connectivity index (χ0v) is 8.89. The summed E-state index contributed by atoms with van der Waals surface area (Å²) in [6.07, 6.45) is 1.44. The first-order valence-corrected chi connectivity index (χ1v) is 4.42. The number of rotatable bonds is 4. The van der Waals surface area contributed by atoms with Crippen molar-refractivity contribution in [3.63, 3.8) is 0 Å². The number of aliphatic hydroxyl groups is 1. The van der Waals surface area contributed by atoms with Crippen molar-refractivity contribution in [3.05, 3.63) is 0 Å². The molecule has 0 aliphatic rings. The number of hydrazine groups is 1. The van der Waals surface area contributed by atoms with Crippen LogP contribution in [-0.2, 0) is 0 Å². The van der Waals surface area contributed by atoms with E-state index in [1.54, 1.807) is 5.01 Å². The molecule has 3 nitrogen and oxygen atoms in total. The number of hydrogen-bond donors (Lipinski definition) is 2. The predicted molar refractivity (Wildman–Crippen MR) is 51.6 cm³/mol. The first-order chi connectivity index (χ1) is 5.21. The van der Waals surface area contributed by atoms with Crippen LogP contribution >= 0.6 is 0 Å². The summed E-state index contributed by atoms with van der Waals surface area (Å²) in [5.74, 6) is 5.65. The fourth-order valence-electron chi connectivity index (χ4n) is 1.18. The lowest BCUT2D eigenvalue weighted by atomic mass is 9.86. The number of nitrogens with two attached hydrogens (primary N) is 1. The second-order valence-corrected chi connectivity index (χ2v) is 4.45. The third-order valence-electron chi connectivity index (χ3n) is 2.53. The van der Waals surface area contributed by atoms with Gasteiger partial charge in [-0.3, -0.25) is 5.84 Å². The average Bonchev–Trinajstić information content (AvgIpc) is 1.85. The predicted octanol–water partition coefficient (Wildman–Crippen LogP) is 1.12. The van der Waals surface area contributed by atoms with Crippen molar-refractivity contribution >= 4 is 0 Å². The van der Waals surface area contributed by atoms with E-state index in [4.69, 9.17) is 5.84 Å². The highest BCUT2D eigenvalue weighted by atomic mass is 16.3. The van der Waals surface area contributed by atoms with Crippen molar-refractivity contribution in [1.29, 1.82) is 0 Å². The summed E-state index contributed by atoms with van der Waals surface area (Å²) < 4.78 is 0. The molecule has 0 aromatic heterocycles. The minimum absolute atomic E-state index is 0.153. The minimum atomic E-state index is -0.614. The molecule has 3 N–H and O–H groups in total. The smallest absolute Gasteiger partial charge is 0.0635 e. The molecule has 0 aliphatic carbocycles. The zero-order valence-electron chi connectivity index (χ0n) is 8.89. The van der Waals surface area contributed by atoms with E-state index in [1.165, 1.54) is 0 Å². The molecule has 1 unspecified atom stereocenters. The maximum atomic E-state index is 9.83. The van der Waals surface area contributed by atoms with E-state index in [2.05, 4.69) is 0 Å². The molecule has 3 heteroatoms. The van der Waals surface area contributed by atoms with Gasteiger partial charge >= 0.3 is 0 Å². The Kier molecular flexibility index (Phi) is 3.69. The molecule has 0 aliphatic heterocycles. The van der Waals surface area contributed by atoms with Crippen molar-refractivity contribution in [2.24, 2.45) is 5.84 Å². The Morgan fingerprint density at radius 2 is 1.75 bits per heavy atom. The van der Waals surface area contributed by atoms with Crippen molar-refractivity contribution in [2.75, 3.05) is 7.05 Å². The molecule has 0 spiro atoms. The fraction of sp³-hybridized carbons (Fsp3) is 1.00. The summed E-state index contributed by atoms with van der Waals surface area (Å²) in [5, 5.41) is 11.5. The van der Waals surface area contributed by atoms with E-state index in [1.807, 2.05) is 34.7 Å². The Morgan fingerprint density at radius 1 is 1.33 bits per heavy atom. The standard InChI is InChI=1S/C9H22N2O/c1-6-9(4,12)7-8(2,3)11(5)10/h12H,6-7,10H2,1-5H3. The Labute approximate surface area is 75.5 Å². The quantitative estimate of drug-likeness (QED) is 0.496. The highest BCUT2D eigenvalue weighted by molar-refractivity contribution is 4.85. The van der Waals surface area contributed by atoms with Gasteiger partial charge in [0.1, 0.15) is 0 Å². The molecule has 0 fully saturated rings. The first kappa shape index (κ1) is 11.9. The van der Waals surface area contributed by atoms with Gasteiger partial charge in [0, 0.05) is 12.6 Å². The van der Waals surface area contributed by atoms with Gasteiger partial charge in [-0.1, -0.05) is 6.92 Å². The normalized spacial score (nSPS) is 18.0. The number of nitrogens with zero attached hydrogens (tertiary/aromatic N) is 1. The second-order valence-electron chi connectivity index (χ2n) is 4.45. The van der Waals surface area contributed by atoms with Gasteiger partial charge in [-0.25, -0.2) is 5.01 Å². The highest BCUT2D eigenvalue weighted by Gasteiger charge is 2.30. The lowest BCUT2D eigenvalue weighted by molar-refractivity contribution is -0.00724. The van der Waals surface area contributed by atoms with Crippen LogP contribution in [0, 0.1) is 0 Å². The van der Waals surface area contributed by atoms with Crippen molar-refractivity contribution in [3.8, 4) is 0 Å². The molecule has 0 heterocycles. The molecule has 0 saturated carbocycles. The summed E-state index contributed by atoms with van der Waals surface area (Å²) in [4.78, 5) is 0. The van der Waals surface area contributed by atoms with E-state index >= 15 is 0 Å². The van der Waals surface area contributed by atoms with Gasteiger partial charge in [0.05, 0.1) is 5.60 Å². The summed E-state index contributed by atoms with van der Waals surface area (Å²) >= 11 is 0. The molecule has 0 bridgehead atoms. The number of hydrogen-bond acceptors (Lipinski definition) is 3. The molecule has 74 valence electrons. The van der Waals surface area contributed by atoms with Crippen molar-refractivity contribution < 1.29 is 5.11 Å². The van der Waals surface area contributed by atoms with Crippen LogP contribution in [0.4, 0.5) is 0 Å². The largest absolute Gasteiger partial charge is 0.390 e. The van der Waals surface area contributed by atoms with Gasteiger partial charge < -0.3 is 5.11 Å². The Morgan fingerprint density at radius 3 is 2.00 bits per heavy atom.